The van der Waals surface area contributed by atoms with Gasteiger partial charge in [0.05, 0.1) is 5.75 Å². The smallest absolute Gasteiger partial charge is 0.248 e. The first-order valence-corrected chi connectivity index (χ1v) is 10.2. The molecule has 0 aromatic heterocycles. The van der Waals surface area contributed by atoms with Gasteiger partial charge in [0.2, 0.25) is 5.91 Å². The Morgan fingerprint density at radius 3 is 2.42 bits per heavy atom. The van der Waals surface area contributed by atoms with Crippen LogP contribution < -0.4 is 16.2 Å². The third kappa shape index (κ3) is 7.06. The lowest BCUT2D eigenvalue weighted by Gasteiger charge is -2.13. The van der Waals surface area contributed by atoms with Gasteiger partial charge in [0, 0.05) is 11.4 Å². The number of benzene rings is 2. The van der Waals surface area contributed by atoms with Crippen LogP contribution >= 0.6 is 24.0 Å². The van der Waals surface area contributed by atoms with Gasteiger partial charge in [0.15, 0.2) is 5.11 Å². The minimum absolute atomic E-state index is 0.109. The Morgan fingerprint density at radius 1 is 1.08 bits per heavy atom. The van der Waals surface area contributed by atoms with Crippen molar-refractivity contribution < 1.29 is 4.79 Å². The van der Waals surface area contributed by atoms with Crippen molar-refractivity contribution in [3.63, 3.8) is 0 Å². The second-order valence-electron chi connectivity index (χ2n) is 6.04. The summed E-state index contributed by atoms with van der Waals surface area (Å²) in [6.45, 7) is 4.39. The number of anilines is 1. The molecule has 1 amide bonds. The third-order valence-corrected chi connectivity index (χ3v) is 5.22. The number of thiocarbonyl (C=S) groups is 1. The lowest BCUT2D eigenvalue weighted by molar-refractivity contribution is -0.119. The van der Waals surface area contributed by atoms with Crippen molar-refractivity contribution in [1.82, 2.24) is 10.9 Å². The van der Waals surface area contributed by atoms with E-state index in [0.29, 0.717) is 16.8 Å². The van der Waals surface area contributed by atoms with Gasteiger partial charge >= 0.3 is 0 Å². The standard InChI is InChI=1S/C20H25N3OS2/c1-3-15(2)17-9-11-18(12-10-17)21-20(25)23-22-19(24)14-26-13-16-7-5-4-6-8-16/h4-12,15H,3,13-14H2,1-2H3,(H,22,24)(H2,21,23,25). The highest BCUT2D eigenvalue weighted by Crippen LogP contribution is 2.20. The molecule has 0 aliphatic carbocycles. The summed E-state index contributed by atoms with van der Waals surface area (Å²) in [6.07, 6.45) is 1.11. The minimum Gasteiger partial charge on any atom is -0.331 e. The molecular weight excluding hydrogens is 362 g/mol. The molecule has 0 spiro atoms. The summed E-state index contributed by atoms with van der Waals surface area (Å²) in [7, 11) is 0. The first-order chi connectivity index (χ1) is 12.6. The zero-order valence-electron chi connectivity index (χ0n) is 15.1. The van der Waals surface area contributed by atoms with Crippen LogP contribution in [0.1, 0.15) is 37.3 Å². The zero-order valence-corrected chi connectivity index (χ0v) is 16.8. The molecule has 0 bridgehead atoms. The first-order valence-electron chi connectivity index (χ1n) is 8.66. The Kier molecular flexibility index (Phi) is 8.44. The number of hydrazine groups is 1. The van der Waals surface area contributed by atoms with E-state index >= 15 is 0 Å². The number of amides is 1. The van der Waals surface area contributed by atoms with Gasteiger partial charge < -0.3 is 5.32 Å². The summed E-state index contributed by atoms with van der Waals surface area (Å²) in [5, 5.41) is 3.43. The van der Waals surface area contributed by atoms with Crippen LogP contribution in [0.25, 0.3) is 0 Å². The molecule has 0 aliphatic rings. The Bertz CT molecular complexity index is 705. The van der Waals surface area contributed by atoms with E-state index in [1.165, 1.54) is 11.1 Å². The molecule has 0 fully saturated rings. The quantitative estimate of drug-likeness (QED) is 0.484. The summed E-state index contributed by atoms with van der Waals surface area (Å²) in [5.74, 6) is 1.61. The van der Waals surface area contributed by atoms with Crippen molar-refractivity contribution in [1.29, 1.82) is 0 Å². The number of carbonyl (C=O) groups is 1. The molecule has 1 unspecified atom stereocenters. The summed E-state index contributed by atoms with van der Waals surface area (Å²) in [4.78, 5) is 11.9. The van der Waals surface area contributed by atoms with Crippen molar-refractivity contribution >= 4 is 40.7 Å². The van der Waals surface area contributed by atoms with Crippen LogP contribution in [0.4, 0.5) is 5.69 Å². The highest BCUT2D eigenvalue weighted by molar-refractivity contribution is 7.99. The molecule has 2 aromatic carbocycles. The van der Waals surface area contributed by atoms with E-state index in [0.717, 1.165) is 17.9 Å². The minimum atomic E-state index is -0.109. The van der Waals surface area contributed by atoms with Crippen LogP contribution in [0.3, 0.4) is 0 Å². The van der Waals surface area contributed by atoms with Gasteiger partial charge in [-0.2, -0.15) is 0 Å². The maximum atomic E-state index is 11.9. The summed E-state index contributed by atoms with van der Waals surface area (Å²) in [5.41, 5.74) is 8.75. The van der Waals surface area contributed by atoms with Gasteiger partial charge in [0.1, 0.15) is 0 Å². The average Bonchev–Trinajstić information content (AvgIpc) is 2.67. The topological polar surface area (TPSA) is 53.2 Å². The second kappa shape index (κ2) is 10.8. The van der Waals surface area contributed by atoms with Gasteiger partial charge in [-0.25, -0.2) is 0 Å². The Balaban J connectivity index is 1.67. The molecule has 2 rings (SSSR count). The number of rotatable bonds is 7. The van der Waals surface area contributed by atoms with Crippen molar-refractivity contribution in [3.05, 3.63) is 65.7 Å². The Morgan fingerprint density at radius 2 is 1.77 bits per heavy atom. The van der Waals surface area contributed by atoms with E-state index in [9.17, 15) is 4.79 Å². The number of nitrogens with one attached hydrogen (secondary N) is 3. The van der Waals surface area contributed by atoms with E-state index in [1.807, 2.05) is 30.3 Å². The fraction of sp³-hybridized carbons (Fsp3) is 0.300. The first kappa shape index (κ1) is 20.3. The van der Waals surface area contributed by atoms with Crippen LogP contribution in [0, 0.1) is 0 Å². The molecule has 1 atom stereocenters. The van der Waals surface area contributed by atoms with Crippen molar-refractivity contribution in [2.75, 3.05) is 11.1 Å². The molecule has 0 heterocycles. The van der Waals surface area contributed by atoms with Gasteiger partial charge in [-0.3, -0.25) is 15.6 Å². The van der Waals surface area contributed by atoms with E-state index in [1.54, 1.807) is 11.8 Å². The van der Waals surface area contributed by atoms with Crippen LogP contribution in [0.15, 0.2) is 54.6 Å². The summed E-state index contributed by atoms with van der Waals surface area (Å²) in [6, 6.07) is 18.3. The maximum Gasteiger partial charge on any atom is 0.248 e. The van der Waals surface area contributed by atoms with Crippen LogP contribution in [0.5, 0.6) is 0 Å². The molecule has 0 saturated carbocycles. The van der Waals surface area contributed by atoms with E-state index in [2.05, 4.69) is 54.3 Å². The molecule has 0 saturated heterocycles. The van der Waals surface area contributed by atoms with Crippen molar-refractivity contribution in [3.8, 4) is 0 Å². The van der Waals surface area contributed by atoms with Gasteiger partial charge in [0.25, 0.3) is 0 Å². The molecule has 0 radical (unpaired) electrons. The predicted molar refractivity (Wildman–Crippen MR) is 115 cm³/mol. The third-order valence-electron chi connectivity index (χ3n) is 4.01. The van der Waals surface area contributed by atoms with Gasteiger partial charge in [-0.15, -0.1) is 11.8 Å². The lowest BCUT2D eigenvalue weighted by atomic mass is 9.99. The van der Waals surface area contributed by atoms with E-state index < -0.39 is 0 Å². The highest BCUT2D eigenvalue weighted by Gasteiger charge is 2.05. The number of thioether (sulfide) groups is 1. The Hall–Kier alpha value is -2.05. The van der Waals surface area contributed by atoms with Gasteiger partial charge in [-0.1, -0.05) is 56.3 Å². The van der Waals surface area contributed by atoms with Crippen LogP contribution in [-0.4, -0.2) is 16.8 Å². The molecular formula is C20H25N3OS2. The summed E-state index contributed by atoms with van der Waals surface area (Å²) < 4.78 is 0. The van der Waals surface area contributed by atoms with E-state index in [4.69, 9.17) is 12.2 Å². The predicted octanol–water partition coefficient (Wildman–Crippen LogP) is 4.45. The van der Waals surface area contributed by atoms with Crippen LogP contribution in [0.2, 0.25) is 0 Å². The molecule has 2 aromatic rings. The van der Waals surface area contributed by atoms with Crippen molar-refractivity contribution in [2.45, 2.75) is 31.9 Å². The highest BCUT2D eigenvalue weighted by atomic mass is 32.2. The summed E-state index contributed by atoms with van der Waals surface area (Å²) >= 11 is 6.77. The number of carbonyl (C=O) groups excluding carboxylic acids is 1. The average molecular weight is 388 g/mol. The van der Waals surface area contributed by atoms with Gasteiger partial charge in [-0.05, 0) is 47.8 Å². The molecule has 138 valence electrons. The molecule has 3 N–H and O–H groups in total. The zero-order chi connectivity index (χ0) is 18.8. The number of hydrogen-bond acceptors (Lipinski definition) is 3. The van der Waals surface area contributed by atoms with Crippen LogP contribution in [-0.2, 0) is 10.5 Å². The fourth-order valence-electron chi connectivity index (χ4n) is 2.29. The lowest BCUT2D eigenvalue weighted by Crippen LogP contribution is -2.44. The molecule has 0 aliphatic heterocycles. The number of hydrogen-bond donors (Lipinski definition) is 3. The normalized spacial score (nSPS) is 11.5. The molecule has 4 nitrogen and oxygen atoms in total. The Labute approximate surface area is 165 Å². The van der Waals surface area contributed by atoms with Crippen molar-refractivity contribution in [2.24, 2.45) is 0 Å². The monoisotopic (exact) mass is 387 g/mol. The molecule has 6 heteroatoms. The molecule has 26 heavy (non-hydrogen) atoms. The van der Waals surface area contributed by atoms with E-state index in [-0.39, 0.29) is 5.91 Å². The SMILES string of the molecule is CCC(C)c1ccc(NC(=S)NNC(=O)CSCc2ccccc2)cc1. The fourth-order valence-corrected chi connectivity index (χ4v) is 3.25. The largest absolute Gasteiger partial charge is 0.331 e. The second-order valence-corrected chi connectivity index (χ2v) is 7.43. The maximum absolute atomic E-state index is 11.9.